The molecule has 2 rings (SSSR count). The Morgan fingerprint density at radius 3 is 2.84 bits per heavy atom. The number of halogens is 1. The van der Waals surface area contributed by atoms with Crippen LogP contribution in [0.3, 0.4) is 0 Å². The van der Waals surface area contributed by atoms with Crippen molar-refractivity contribution in [2.24, 2.45) is 11.7 Å². The van der Waals surface area contributed by atoms with Crippen molar-refractivity contribution in [1.29, 1.82) is 0 Å². The Morgan fingerprint density at radius 2 is 2.16 bits per heavy atom. The van der Waals surface area contributed by atoms with Crippen LogP contribution in [0.2, 0.25) is 0 Å². The van der Waals surface area contributed by atoms with E-state index >= 15 is 0 Å². The first kappa shape index (κ1) is 14.1. The highest BCUT2D eigenvalue weighted by Gasteiger charge is 2.23. The van der Waals surface area contributed by atoms with Crippen LogP contribution in [0.25, 0.3) is 0 Å². The second-order valence-corrected chi connectivity index (χ2v) is 5.11. The molecule has 0 spiro atoms. The van der Waals surface area contributed by atoms with Crippen molar-refractivity contribution in [3.05, 3.63) is 24.0 Å². The molecule has 0 saturated heterocycles. The fraction of sp³-hybridized carbons (Fsp3) is 0.600. The number of rotatable bonds is 5. The Kier molecular flexibility index (Phi) is 5.02. The van der Waals surface area contributed by atoms with Crippen LogP contribution in [-0.4, -0.2) is 19.2 Å². The van der Waals surface area contributed by atoms with E-state index < -0.39 is 0 Å². The highest BCUT2D eigenvalue weighted by atomic mass is 19.1. The summed E-state index contributed by atoms with van der Waals surface area (Å²) in [6.07, 6.45) is 4.73. The predicted octanol–water partition coefficient (Wildman–Crippen LogP) is 3.15. The highest BCUT2D eigenvalue weighted by molar-refractivity contribution is 5.48. The van der Waals surface area contributed by atoms with Gasteiger partial charge in [-0.15, -0.1) is 0 Å². The van der Waals surface area contributed by atoms with Gasteiger partial charge in [-0.2, -0.15) is 0 Å². The second kappa shape index (κ2) is 6.75. The van der Waals surface area contributed by atoms with Crippen LogP contribution < -0.4 is 15.8 Å². The summed E-state index contributed by atoms with van der Waals surface area (Å²) in [6.45, 7) is 3.01. The lowest BCUT2D eigenvalue weighted by Crippen LogP contribution is -2.36. The fourth-order valence-corrected chi connectivity index (χ4v) is 2.76. The number of benzene rings is 1. The Morgan fingerprint density at radius 1 is 1.37 bits per heavy atom. The molecule has 1 aliphatic rings. The zero-order valence-corrected chi connectivity index (χ0v) is 11.5. The third-order valence-electron chi connectivity index (χ3n) is 3.80. The number of hydrogen-bond acceptors (Lipinski definition) is 3. The molecule has 1 aliphatic carbocycles. The highest BCUT2D eigenvalue weighted by Crippen LogP contribution is 2.28. The molecule has 0 aliphatic heterocycles. The van der Waals surface area contributed by atoms with Gasteiger partial charge in [-0.25, -0.2) is 4.39 Å². The molecular formula is C15H23FN2O. The quantitative estimate of drug-likeness (QED) is 0.860. The van der Waals surface area contributed by atoms with Crippen LogP contribution >= 0.6 is 0 Å². The van der Waals surface area contributed by atoms with Gasteiger partial charge in [0.25, 0.3) is 0 Å². The lowest BCUT2D eigenvalue weighted by atomic mass is 9.84. The molecule has 3 nitrogen and oxygen atoms in total. The lowest BCUT2D eigenvalue weighted by Gasteiger charge is -2.32. The molecule has 2 unspecified atom stereocenters. The molecule has 0 amide bonds. The molecule has 0 heterocycles. The molecule has 106 valence electrons. The smallest absolute Gasteiger partial charge is 0.167 e. The minimum Gasteiger partial charge on any atom is -0.491 e. The van der Waals surface area contributed by atoms with Gasteiger partial charge in [0.15, 0.2) is 11.6 Å². The Labute approximate surface area is 114 Å². The average molecular weight is 266 g/mol. The molecule has 19 heavy (non-hydrogen) atoms. The maximum Gasteiger partial charge on any atom is 0.167 e. The lowest BCUT2D eigenvalue weighted by molar-refractivity contribution is 0.321. The van der Waals surface area contributed by atoms with Gasteiger partial charge in [0, 0.05) is 17.8 Å². The summed E-state index contributed by atoms with van der Waals surface area (Å²) >= 11 is 0. The van der Waals surface area contributed by atoms with Gasteiger partial charge in [0.05, 0.1) is 6.61 Å². The third kappa shape index (κ3) is 3.60. The Balaban J connectivity index is 2.03. The SMILES string of the molecule is CCOc1ccc(NC2CCCCC2CN)cc1F. The van der Waals surface area contributed by atoms with Crippen LogP contribution in [0, 0.1) is 11.7 Å². The molecule has 0 bridgehead atoms. The van der Waals surface area contributed by atoms with Gasteiger partial charge < -0.3 is 15.8 Å². The Hall–Kier alpha value is -1.29. The maximum absolute atomic E-state index is 13.8. The monoisotopic (exact) mass is 266 g/mol. The predicted molar refractivity (Wildman–Crippen MR) is 76.0 cm³/mol. The number of nitrogens with two attached hydrogens (primary N) is 1. The van der Waals surface area contributed by atoms with Crippen LogP contribution in [0.15, 0.2) is 18.2 Å². The third-order valence-corrected chi connectivity index (χ3v) is 3.80. The number of hydrogen-bond donors (Lipinski definition) is 2. The topological polar surface area (TPSA) is 47.3 Å². The van der Waals surface area contributed by atoms with E-state index in [2.05, 4.69) is 5.32 Å². The molecule has 3 N–H and O–H groups in total. The van der Waals surface area contributed by atoms with E-state index in [1.54, 1.807) is 6.07 Å². The van der Waals surface area contributed by atoms with E-state index in [0.29, 0.717) is 30.9 Å². The van der Waals surface area contributed by atoms with Gasteiger partial charge in [-0.05, 0) is 44.4 Å². The zero-order chi connectivity index (χ0) is 13.7. The van der Waals surface area contributed by atoms with E-state index in [1.165, 1.54) is 18.9 Å². The molecule has 2 atom stereocenters. The summed E-state index contributed by atoms with van der Waals surface area (Å²) in [5.41, 5.74) is 6.62. The molecule has 1 aromatic rings. The van der Waals surface area contributed by atoms with Crippen LogP contribution in [0.5, 0.6) is 5.75 Å². The molecule has 0 aromatic heterocycles. The fourth-order valence-electron chi connectivity index (χ4n) is 2.76. The molecule has 1 saturated carbocycles. The van der Waals surface area contributed by atoms with Crippen molar-refractivity contribution in [2.75, 3.05) is 18.5 Å². The van der Waals surface area contributed by atoms with Gasteiger partial charge in [0.2, 0.25) is 0 Å². The van der Waals surface area contributed by atoms with E-state index in [4.69, 9.17) is 10.5 Å². The van der Waals surface area contributed by atoms with E-state index in [1.807, 2.05) is 13.0 Å². The van der Waals surface area contributed by atoms with Gasteiger partial charge >= 0.3 is 0 Å². The van der Waals surface area contributed by atoms with Gasteiger partial charge in [-0.1, -0.05) is 12.8 Å². The van der Waals surface area contributed by atoms with E-state index in [0.717, 1.165) is 18.5 Å². The van der Waals surface area contributed by atoms with Crippen molar-refractivity contribution in [3.63, 3.8) is 0 Å². The molecule has 1 fully saturated rings. The van der Waals surface area contributed by atoms with Crippen molar-refractivity contribution in [1.82, 2.24) is 0 Å². The average Bonchev–Trinajstić information content (AvgIpc) is 2.43. The first-order chi connectivity index (χ1) is 9.24. The summed E-state index contributed by atoms with van der Waals surface area (Å²) in [4.78, 5) is 0. The molecule has 4 heteroatoms. The van der Waals surface area contributed by atoms with Crippen molar-refractivity contribution >= 4 is 5.69 Å². The van der Waals surface area contributed by atoms with E-state index in [9.17, 15) is 4.39 Å². The number of nitrogens with one attached hydrogen (secondary N) is 1. The molecule has 1 aromatic carbocycles. The van der Waals surface area contributed by atoms with Crippen LogP contribution in [0.4, 0.5) is 10.1 Å². The minimum absolute atomic E-state index is 0.312. The molecule has 0 radical (unpaired) electrons. The zero-order valence-electron chi connectivity index (χ0n) is 11.5. The summed E-state index contributed by atoms with van der Waals surface area (Å²) in [7, 11) is 0. The van der Waals surface area contributed by atoms with Crippen LogP contribution in [0.1, 0.15) is 32.6 Å². The van der Waals surface area contributed by atoms with Gasteiger partial charge in [0.1, 0.15) is 0 Å². The summed E-state index contributed by atoms with van der Waals surface area (Å²) in [5, 5.41) is 3.42. The van der Waals surface area contributed by atoms with Crippen LogP contribution in [-0.2, 0) is 0 Å². The van der Waals surface area contributed by atoms with Crippen molar-refractivity contribution in [2.45, 2.75) is 38.6 Å². The minimum atomic E-state index is -0.313. The second-order valence-electron chi connectivity index (χ2n) is 5.11. The Bertz CT molecular complexity index is 411. The maximum atomic E-state index is 13.8. The number of ether oxygens (including phenoxy) is 1. The first-order valence-electron chi connectivity index (χ1n) is 7.13. The van der Waals surface area contributed by atoms with Gasteiger partial charge in [-0.3, -0.25) is 0 Å². The normalized spacial score (nSPS) is 23.1. The largest absolute Gasteiger partial charge is 0.491 e. The standard InChI is InChI=1S/C15H23FN2O/c1-2-19-15-8-7-12(9-13(15)16)18-14-6-4-3-5-11(14)10-17/h7-9,11,14,18H,2-6,10,17H2,1H3. The van der Waals surface area contributed by atoms with Crippen molar-refractivity contribution < 1.29 is 9.13 Å². The molecular weight excluding hydrogens is 243 g/mol. The van der Waals surface area contributed by atoms with E-state index in [-0.39, 0.29) is 5.82 Å². The first-order valence-corrected chi connectivity index (χ1v) is 7.13. The summed E-state index contributed by atoms with van der Waals surface area (Å²) in [5.74, 6) is 0.488. The summed E-state index contributed by atoms with van der Waals surface area (Å²) < 4.78 is 19.0. The summed E-state index contributed by atoms with van der Waals surface area (Å²) in [6, 6.07) is 5.42. The van der Waals surface area contributed by atoms with Crippen molar-refractivity contribution in [3.8, 4) is 5.75 Å². The number of anilines is 1.